The molecule has 2 rings (SSSR count). The minimum Gasteiger partial charge on any atom is -0.376 e. The number of ether oxygens (including phenoxy) is 3. The van der Waals surface area contributed by atoms with E-state index < -0.39 is 13.5 Å². The molecule has 0 radical (unpaired) electrons. The van der Waals surface area contributed by atoms with Crippen LogP contribution in [0.4, 0.5) is 0 Å². The molecule has 0 spiro atoms. The van der Waals surface area contributed by atoms with E-state index in [0.717, 1.165) is 5.56 Å². The molecule has 1 heterocycles. The number of benzene rings is 1. The molecular weight excluding hydrogens is 371 g/mol. The molecule has 1 fully saturated rings. The SMILES string of the molecule is COP(=O)(CC(=O)[C@H](C)[C@@H](COCc1ccccc1)CC1OCCO1)OC. The van der Waals surface area contributed by atoms with Gasteiger partial charge in [0.05, 0.1) is 26.4 Å². The fraction of sp³-hybridized carbons (Fsp3) is 0.632. The van der Waals surface area contributed by atoms with Gasteiger partial charge in [-0.3, -0.25) is 9.36 Å². The quantitative estimate of drug-likeness (QED) is 0.498. The van der Waals surface area contributed by atoms with E-state index >= 15 is 0 Å². The van der Waals surface area contributed by atoms with E-state index in [0.29, 0.717) is 32.8 Å². The Balaban J connectivity index is 1.96. The molecular formula is C19H29O7P. The second-order valence-electron chi connectivity index (χ2n) is 6.56. The number of ketones is 1. The predicted octanol–water partition coefficient (Wildman–Crippen LogP) is 3.27. The Morgan fingerprint density at radius 2 is 1.81 bits per heavy atom. The van der Waals surface area contributed by atoms with E-state index in [9.17, 15) is 9.36 Å². The van der Waals surface area contributed by atoms with Crippen LogP contribution in [0.1, 0.15) is 18.9 Å². The maximum atomic E-state index is 12.7. The van der Waals surface area contributed by atoms with Crippen LogP contribution < -0.4 is 0 Å². The minimum atomic E-state index is -3.39. The van der Waals surface area contributed by atoms with Gasteiger partial charge in [0.1, 0.15) is 11.9 Å². The van der Waals surface area contributed by atoms with Crippen molar-refractivity contribution in [2.45, 2.75) is 26.2 Å². The second-order valence-corrected chi connectivity index (χ2v) is 8.83. The third-order valence-corrected chi connectivity index (χ3v) is 6.56. The molecule has 1 aliphatic heterocycles. The lowest BCUT2D eigenvalue weighted by molar-refractivity contribution is -0.125. The van der Waals surface area contributed by atoms with Crippen LogP contribution in [-0.2, 0) is 39.2 Å². The largest absolute Gasteiger partial charge is 0.376 e. The Morgan fingerprint density at radius 3 is 2.41 bits per heavy atom. The lowest BCUT2D eigenvalue weighted by Gasteiger charge is -2.26. The van der Waals surface area contributed by atoms with Crippen LogP contribution in [0.15, 0.2) is 30.3 Å². The topological polar surface area (TPSA) is 80.3 Å². The summed E-state index contributed by atoms with van der Waals surface area (Å²) in [5, 5.41) is 0. The Labute approximate surface area is 160 Å². The standard InChI is InChI=1S/C19H29O7P/c1-15(18(20)14-27(21,22-2)23-3)17(11-19-25-9-10-26-19)13-24-12-16-7-5-4-6-8-16/h4-8,15,17,19H,9-14H2,1-3H3/t15-,17-/m1/s1. The lowest BCUT2D eigenvalue weighted by atomic mass is 9.88. The zero-order chi connectivity index (χ0) is 19.7. The van der Waals surface area contributed by atoms with E-state index in [-0.39, 0.29) is 24.2 Å². The fourth-order valence-electron chi connectivity index (χ4n) is 2.91. The number of hydrogen-bond acceptors (Lipinski definition) is 7. The zero-order valence-corrected chi connectivity index (χ0v) is 17.1. The lowest BCUT2D eigenvalue weighted by Crippen LogP contribution is -2.30. The Kier molecular flexibility index (Phi) is 9.09. The predicted molar refractivity (Wildman–Crippen MR) is 101 cm³/mol. The molecule has 152 valence electrons. The summed E-state index contributed by atoms with van der Waals surface area (Å²) in [7, 11) is -0.832. The highest BCUT2D eigenvalue weighted by Crippen LogP contribution is 2.47. The molecule has 1 aromatic rings. The Bertz CT molecular complexity index is 608. The minimum absolute atomic E-state index is 0.133. The summed E-state index contributed by atoms with van der Waals surface area (Å²) >= 11 is 0. The smallest absolute Gasteiger partial charge is 0.337 e. The van der Waals surface area contributed by atoms with Crippen molar-refractivity contribution in [3.8, 4) is 0 Å². The first-order valence-electron chi connectivity index (χ1n) is 9.05. The average molecular weight is 400 g/mol. The van der Waals surface area contributed by atoms with Gasteiger partial charge in [-0.25, -0.2) is 0 Å². The average Bonchev–Trinajstić information content (AvgIpc) is 3.20. The van der Waals surface area contributed by atoms with Crippen LogP contribution in [0.3, 0.4) is 0 Å². The maximum absolute atomic E-state index is 12.7. The highest BCUT2D eigenvalue weighted by atomic mass is 31.2. The van der Waals surface area contributed by atoms with Gasteiger partial charge in [-0.2, -0.15) is 0 Å². The molecule has 0 aliphatic carbocycles. The summed E-state index contributed by atoms with van der Waals surface area (Å²) in [6.45, 7) is 3.73. The molecule has 0 bridgehead atoms. The van der Waals surface area contributed by atoms with Gasteiger partial charge >= 0.3 is 7.60 Å². The van der Waals surface area contributed by atoms with Crippen molar-refractivity contribution in [1.29, 1.82) is 0 Å². The van der Waals surface area contributed by atoms with Crippen molar-refractivity contribution in [1.82, 2.24) is 0 Å². The van der Waals surface area contributed by atoms with Crippen LogP contribution in [0.2, 0.25) is 0 Å². The molecule has 0 amide bonds. The number of carbonyl (C=O) groups excluding carboxylic acids is 1. The van der Waals surface area contributed by atoms with Gasteiger partial charge in [0.15, 0.2) is 6.29 Å². The maximum Gasteiger partial charge on any atom is 0.337 e. The summed E-state index contributed by atoms with van der Waals surface area (Å²) in [5.41, 5.74) is 1.06. The van der Waals surface area contributed by atoms with E-state index in [1.165, 1.54) is 14.2 Å². The third kappa shape index (κ3) is 7.11. The number of rotatable bonds is 12. The highest BCUT2D eigenvalue weighted by Gasteiger charge is 2.34. The number of hydrogen-bond donors (Lipinski definition) is 0. The monoisotopic (exact) mass is 400 g/mol. The van der Waals surface area contributed by atoms with Gasteiger partial charge in [0, 0.05) is 26.6 Å². The highest BCUT2D eigenvalue weighted by molar-refractivity contribution is 7.54. The van der Waals surface area contributed by atoms with E-state index in [1.807, 2.05) is 37.3 Å². The van der Waals surface area contributed by atoms with Crippen molar-refractivity contribution in [2.24, 2.45) is 11.8 Å². The van der Waals surface area contributed by atoms with E-state index in [1.54, 1.807) is 0 Å². The molecule has 1 aromatic carbocycles. The summed E-state index contributed by atoms with van der Waals surface area (Å²) < 4.78 is 39.0. The van der Waals surface area contributed by atoms with Crippen molar-refractivity contribution >= 4 is 13.4 Å². The Morgan fingerprint density at radius 1 is 1.19 bits per heavy atom. The first-order valence-corrected chi connectivity index (χ1v) is 10.8. The normalized spacial score (nSPS) is 17.7. The van der Waals surface area contributed by atoms with Gasteiger partial charge in [-0.15, -0.1) is 0 Å². The van der Waals surface area contributed by atoms with Crippen molar-refractivity contribution in [3.63, 3.8) is 0 Å². The van der Waals surface area contributed by atoms with E-state index in [4.69, 9.17) is 23.3 Å². The van der Waals surface area contributed by atoms with Crippen molar-refractivity contribution in [3.05, 3.63) is 35.9 Å². The summed E-state index contributed by atoms with van der Waals surface area (Å²) in [6.07, 6.45) is -0.0726. The van der Waals surface area contributed by atoms with Crippen LogP contribution in [0.5, 0.6) is 0 Å². The number of carbonyl (C=O) groups is 1. The van der Waals surface area contributed by atoms with Gasteiger partial charge in [0.2, 0.25) is 0 Å². The summed E-state index contributed by atoms with van der Waals surface area (Å²) in [6, 6.07) is 9.83. The first kappa shape index (κ1) is 22.2. The first-order chi connectivity index (χ1) is 13.0. The molecule has 1 saturated heterocycles. The number of Topliss-reactive ketones (excluding diaryl/α,β-unsaturated/α-hetero) is 1. The summed E-state index contributed by atoms with van der Waals surface area (Å²) in [5.74, 6) is -0.716. The molecule has 0 unspecified atom stereocenters. The molecule has 8 heteroatoms. The zero-order valence-electron chi connectivity index (χ0n) is 16.2. The third-order valence-electron chi connectivity index (χ3n) is 4.75. The van der Waals surface area contributed by atoms with Crippen LogP contribution in [0, 0.1) is 11.8 Å². The van der Waals surface area contributed by atoms with Crippen molar-refractivity contribution in [2.75, 3.05) is 40.2 Å². The molecule has 7 nitrogen and oxygen atoms in total. The molecule has 0 aromatic heterocycles. The summed E-state index contributed by atoms with van der Waals surface area (Å²) in [4.78, 5) is 12.7. The van der Waals surface area contributed by atoms with Gasteiger partial charge < -0.3 is 23.3 Å². The molecule has 0 N–H and O–H groups in total. The van der Waals surface area contributed by atoms with Gasteiger partial charge in [-0.1, -0.05) is 37.3 Å². The van der Waals surface area contributed by atoms with Crippen molar-refractivity contribution < 1.29 is 32.6 Å². The molecule has 0 saturated carbocycles. The van der Waals surface area contributed by atoms with E-state index in [2.05, 4.69) is 0 Å². The Hall–Kier alpha value is -1.08. The van der Waals surface area contributed by atoms with Crippen LogP contribution >= 0.6 is 7.60 Å². The van der Waals surface area contributed by atoms with Crippen LogP contribution in [-0.4, -0.2) is 52.3 Å². The fourth-order valence-corrected chi connectivity index (χ4v) is 3.99. The molecule has 1 aliphatic rings. The van der Waals surface area contributed by atoms with Crippen LogP contribution in [0.25, 0.3) is 0 Å². The van der Waals surface area contributed by atoms with Gasteiger partial charge in [-0.05, 0) is 11.5 Å². The second kappa shape index (κ2) is 11.1. The molecule has 2 atom stereocenters. The van der Waals surface area contributed by atoms with Gasteiger partial charge in [0.25, 0.3) is 0 Å². The molecule has 27 heavy (non-hydrogen) atoms.